The fourth-order valence-corrected chi connectivity index (χ4v) is 3.53. The quantitative estimate of drug-likeness (QED) is 0.637. The van der Waals surface area contributed by atoms with Crippen molar-refractivity contribution in [3.8, 4) is 0 Å². The maximum absolute atomic E-state index is 14.8. The van der Waals surface area contributed by atoms with Crippen LogP contribution < -0.4 is 10.6 Å². The second kappa shape index (κ2) is 9.01. The predicted molar refractivity (Wildman–Crippen MR) is 112 cm³/mol. The van der Waals surface area contributed by atoms with Crippen molar-refractivity contribution in [1.29, 1.82) is 0 Å². The van der Waals surface area contributed by atoms with Gasteiger partial charge >= 0.3 is 0 Å². The Hall–Kier alpha value is -2.67. The average Bonchev–Trinajstić information content (AvgIpc) is 2.70. The zero-order valence-corrected chi connectivity index (χ0v) is 16.6. The molecule has 7 heteroatoms. The van der Waals surface area contributed by atoms with Crippen LogP contribution in [0.2, 0.25) is 0 Å². The van der Waals surface area contributed by atoms with Gasteiger partial charge in [0, 0.05) is 43.6 Å². The normalized spacial score (nSPS) is 19.2. The first-order valence-electron chi connectivity index (χ1n) is 9.59. The van der Waals surface area contributed by atoms with Crippen LogP contribution in [0.15, 0.2) is 40.4 Å². The summed E-state index contributed by atoms with van der Waals surface area (Å²) in [6.45, 7) is 5.62. The molecular weight excluding hydrogens is 355 g/mol. The first-order chi connectivity index (χ1) is 13.5. The van der Waals surface area contributed by atoms with Crippen LogP contribution in [-0.4, -0.2) is 48.2 Å². The van der Waals surface area contributed by atoms with Crippen LogP contribution in [0, 0.1) is 18.7 Å². The third kappa shape index (κ3) is 4.42. The molecule has 0 saturated carbocycles. The number of piperidine rings is 1. The lowest BCUT2D eigenvalue weighted by Crippen LogP contribution is -2.42. The molecule has 3 heterocycles. The molecule has 0 spiro atoms. The highest BCUT2D eigenvalue weighted by Gasteiger charge is 2.25. The van der Waals surface area contributed by atoms with E-state index in [1.807, 2.05) is 19.9 Å². The lowest BCUT2D eigenvalue weighted by Gasteiger charge is -2.35. The Morgan fingerprint density at radius 1 is 1.39 bits per heavy atom. The number of anilines is 1. The molecule has 1 saturated heterocycles. The van der Waals surface area contributed by atoms with E-state index >= 15 is 0 Å². The number of halogens is 1. The molecule has 3 rings (SSSR count). The topological polar surface area (TPSA) is 79.8 Å². The second-order valence-electron chi connectivity index (χ2n) is 7.20. The van der Waals surface area contributed by atoms with Crippen LogP contribution in [0.1, 0.15) is 36.7 Å². The minimum absolute atomic E-state index is 0.124. The molecule has 2 N–H and O–H groups in total. The second-order valence-corrected chi connectivity index (χ2v) is 7.20. The van der Waals surface area contributed by atoms with Gasteiger partial charge in [-0.3, -0.25) is 9.98 Å². The third-order valence-electron chi connectivity index (χ3n) is 5.15. The van der Waals surface area contributed by atoms with Crippen molar-refractivity contribution in [2.45, 2.75) is 32.7 Å². The molecule has 0 radical (unpaired) electrons. The third-order valence-corrected chi connectivity index (χ3v) is 5.15. The van der Waals surface area contributed by atoms with Gasteiger partial charge in [-0.15, -0.1) is 0 Å². The molecule has 0 aromatic carbocycles. The van der Waals surface area contributed by atoms with Gasteiger partial charge in [-0.25, -0.2) is 14.4 Å². The van der Waals surface area contributed by atoms with Gasteiger partial charge in [-0.05, 0) is 56.9 Å². The molecular formula is C21H27FN6. The van der Waals surface area contributed by atoms with Gasteiger partial charge in [-0.1, -0.05) is 0 Å². The molecule has 148 valence electrons. The molecule has 2 aromatic rings. The van der Waals surface area contributed by atoms with E-state index in [9.17, 15) is 4.39 Å². The molecule has 1 fully saturated rings. The van der Waals surface area contributed by atoms with Gasteiger partial charge < -0.3 is 10.6 Å². The first kappa shape index (κ1) is 20.1. The van der Waals surface area contributed by atoms with E-state index in [0.29, 0.717) is 11.6 Å². The molecule has 1 aliphatic heterocycles. The van der Waals surface area contributed by atoms with Crippen molar-refractivity contribution in [2.24, 2.45) is 21.6 Å². The SMILES string of the molecule is CN=CN=C(c1cccnc1C)c1nc(N2CCC[C@H](C(C)N)C2)ccc1F. The summed E-state index contributed by atoms with van der Waals surface area (Å²) in [5.74, 6) is 0.727. The first-order valence-corrected chi connectivity index (χ1v) is 9.59. The smallest absolute Gasteiger partial charge is 0.151 e. The van der Waals surface area contributed by atoms with E-state index in [1.54, 1.807) is 25.4 Å². The lowest BCUT2D eigenvalue weighted by molar-refractivity contribution is 0.363. The Labute approximate surface area is 165 Å². The summed E-state index contributed by atoms with van der Waals surface area (Å²) >= 11 is 0. The van der Waals surface area contributed by atoms with Crippen molar-refractivity contribution in [2.75, 3.05) is 25.0 Å². The Morgan fingerprint density at radius 2 is 2.21 bits per heavy atom. The number of pyridine rings is 2. The Kier molecular flexibility index (Phi) is 6.46. The monoisotopic (exact) mass is 382 g/mol. The molecule has 2 atom stereocenters. The van der Waals surface area contributed by atoms with Gasteiger partial charge in [0.05, 0.1) is 0 Å². The number of nitrogens with two attached hydrogens (primary N) is 1. The van der Waals surface area contributed by atoms with Crippen molar-refractivity contribution in [3.05, 3.63) is 53.2 Å². The van der Waals surface area contributed by atoms with E-state index in [1.165, 1.54) is 12.4 Å². The molecule has 0 aliphatic carbocycles. The number of aromatic nitrogens is 2. The number of aliphatic imine (C=N–C) groups is 2. The summed E-state index contributed by atoms with van der Waals surface area (Å²) in [5.41, 5.74) is 8.23. The molecule has 1 unspecified atom stereocenters. The van der Waals surface area contributed by atoms with Crippen molar-refractivity contribution >= 4 is 17.9 Å². The van der Waals surface area contributed by atoms with Crippen LogP contribution in [0.5, 0.6) is 0 Å². The number of aryl methyl sites for hydroxylation is 1. The maximum atomic E-state index is 14.8. The van der Waals surface area contributed by atoms with Crippen molar-refractivity contribution < 1.29 is 4.39 Å². The minimum Gasteiger partial charge on any atom is -0.356 e. The van der Waals surface area contributed by atoms with E-state index in [2.05, 4.69) is 24.9 Å². The number of hydrogen-bond donors (Lipinski definition) is 1. The van der Waals surface area contributed by atoms with Crippen LogP contribution in [-0.2, 0) is 0 Å². The van der Waals surface area contributed by atoms with E-state index in [4.69, 9.17) is 5.73 Å². The van der Waals surface area contributed by atoms with E-state index < -0.39 is 5.82 Å². The number of rotatable bonds is 5. The summed E-state index contributed by atoms with van der Waals surface area (Å²) in [6, 6.07) is 6.98. The average molecular weight is 382 g/mol. The molecule has 6 nitrogen and oxygen atoms in total. The van der Waals surface area contributed by atoms with Crippen LogP contribution in [0.3, 0.4) is 0 Å². The molecule has 0 bridgehead atoms. The molecule has 2 aromatic heterocycles. The fraction of sp³-hybridized carbons (Fsp3) is 0.429. The van der Waals surface area contributed by atoms with Crippen molar-refractivity contribution in [1.82, 2.24) is 9.97 Å². The van der Waals surface area contributed by atoms with Gasteiger partial charge in [0.25, 0.3) is 0 Å². The largest absolute Gasteiger partial charge is 0.356 e. The fourth-order valence-electron chi connectivity index (χ4n) is 3.53. The molecule has 1 aliphatic rings. The Morgan fingerprint density at radius 3 is 2.93 bits per heavy atom. The highest BCUT2D eigenvalue weighted by atomic mass is 19.1. The summed E-state index contributed by atoms with van der Waals surface area (Å²) in [4.78, 5) is 19.4. The summed E-state index contributed by atoms with van der Waals surface area (Å²) in [7, 11) is 1.62. The highest BCUT2D eigenvalue weighted by molar-refractivity contribution is 6.15. The summed E-state index contributed by atoms with van der Waals surface area (Å²) in [5, 5.41) is 0. The predicted octanol–water partition coefficient (Wildman–Crippen LogP) is 2.98. The van der Waals surface area contributed by atoms with Crippen LogP contribution in [0.4, 0.5) is 10.2 Å². The molecule has 28 heavy (non-hydrogen) atoms. The van der Waals surface area contributed by atoms with Crippen molar-refractivity contribution in [3.63, 3.8) is 0 Å². The number of nitrogens with zero attached hydrogens (tertiary/aromatic N) is 5. The zero-order valence-electron chi connectivity index (χ0n) is 16.6. The summed E-state index contributed by atoms with van der Waals surface area (Å²) < 4.78 is 14.8. The van der Waals surface area contributed by atoms with Crippen LogP contribution in [0.25, 0.3) is 0 Å². The summed E-state index contributed by atoms with van der Waals surface area (Å²) in [6.07, 6.45) is 5.26. The zero-order chi connectivity index (χ0) is 20.1. The van der Waals surface area contributed by atoms with Gasteiger partial charge in [0.15, 0.2) is 5.82 Å². The maximum Gasteiger partial charge on any atom is 0.151 e. The number of hydrogen-bond acceptors (Lipinski definition) is 5. The van der Waals surface area contributed by atoms with E-state index in [0.717, 1.165) is 43.0 Å². The standard InChI is InChI=1S/C21H27FN6/c1-14(23)16-6-5-11-28(12-16)19-9-8-18(22)21(27-19)20(26-13-24-3)17-7-4-10-25-15(17)2/h4,7-10,13-14,16H,5-6,11-12,23H2,1-3H3/t14?,16-/m0/s1. The minimum atomic E-state index is -0.420. The highest BCUT2D eigenvalue weighted by Crippen LogP contribution is 2.25. The van der Waals surface area contributed by atoms with E-state index in [-0.39, 0.29) is 11.7 Å². The molecule has 0 amide bonds. The van der Waals surface area contributed by atoms with Crippen LogP contribution >= 0.6 is 0 Å². The van der Waals surface area contributed by atoms with Gasteiger partial charge in [0.1, 0.15) is 23.6 Å². The van der Waals surface area contributed by atoms with Gasteiger partial charge in [0.2, 0.25) is 0 Å². The Bertz CT molecular complexity index is 877. The Balaban J connectivity index is 2.02. The lowest BCUT2D eigenvalue weighted by atomic mass is 9.92. The van der Waals surface area contributed by atoms with Gasteiger partial charge in [-0.2, -0.15) is 0 Å².